The van der Waals surface area contributed by atoms with Gasteiger partial charge < -0.3 is 29.5 Å². The van der Waals surface area contributed by atoms with Crippen LogP contribution in [0.2, 0.25) is 15.1 Å². The molecule has 19 nitrogen and oxygen atoms in total. The fourth-order valence-corrected chi connectivity index (χ4v) is 7.44. The molecule has 4 aromatic carbocycles. The van der Waals surface area contributed by atoms with E-state index in [0.29, 0.717) is 33.0 Å². The molecule has 25 heteroatoms. The SMILES string of the molecule is C1CCOC1.CC(C)c1cnnn1-c1cc(Cl)ccc1NS(=O)(=O)c1ccc(C(C)(C)C)cc1.CC(C)c1cnnn1-c1cc(Cl)ccc1[N+](=O)[O-].[C-]#CC(C)C.[Cl-].[Mg+2].[N-]=[N+]=Nc1cc(Cl)ccc1[N+](=O)[O-]. The van der Waals surface area contributed by atoms with Crippen LogP contribution in [-0.4, -0.2) is 84.5 Å². The van der Waals surface area contributed by atoms with Crippen molar-refractivity contribution in [1.82, 2.24) is 30.0 Å². The molecular formula is C47H54Cl4MgN12O7S. The van der Waals surface area contributed by atoms with Crippen LogP contribution in [0.3, 0.4) is 0 Å². The Hall–Kier alpha value is -5.53. The van der Waals surface area contributed by atoms with E-state index in [1.165, 1.54) is 53.9 Å². The summed E-state index contributed by atoms with van der Waals surface area (Å²) in [5.74, 6) is 2.88. The van der Waals surface area contributed by atoms with E-state index in [2.05, 4.69) is 62.1 Å². The number of azide groups is 1. The number of sulfonamides is 1. The molecule has 0 unspecified atom stereocenters. The second-order valence-corrected chi connectivity index (χ2v) is 20.1. The van der Waals surface area contributed by atoms with Crippen molar-refractivity contribution in [3.63, 3.8) is 0 Å². The third kappa shape index (κ3) is 19.8. The van der Waals surface area contributed by atoms with E-state index >= 15 is 0 Å². The van der Waals surface area contributed by atoms with Crippen LogP contribution < -0.4 is 17.1 Å². The molecular weight excluding hydrogens is 1040 g/mol. The van der Waals surface area contributed by atoms with Crippen molar-refractivity contribution >= 4 is 90.6 Å². The minimum absolute atomic E-state index is 0. The van der Waals surface area contributed by atoms with Gasteiger partial charge in [-0.05, 0) is 102 Å². The van der Waals surface area contributed by atoms with Gasteiger partial charge in [-0.15, -0.1) is 10.2 Å². The Labute approximate surface area is 456 Å². The number of halogens is 4. The van der Waals surface area contributed by atoms with E-state index in [0.717, 1.165) is 30.2 Å². The number of hydrogen-bond acceptors (Lipinski definition) is 12. The predicted molar refractivity (Wildman–Crippen MR) is 278 cm³/mol. The molecule has 1 saturated heterocycles. The van der Waals surface area contributed by atoms with Crippen LogP contribution in [0.15, 0.2) is 101 Å². The first kappa shape index (κ1) is 64.5. The van der Waals surface area contributed by atoms with Crippen molar-refractivity contribution < 1.29 is 35.4 Å². The molecule has 3 heterocycles. The molecule has 7 rings (SSSR count). The van der Waals surface area contributed by atoms with Crippen LogP contribution in [0.4, 0.5) is 22.7 Å². The number of hydrogen-bond donors (Lipinski definition) is 1. The summed E-state index contributed by atoms with van der Waals surface area (Å²) >= 11 is 17.6. The number of anilines is 1. The molecule has 1 N–H and O–H groups in total. The Kier molecular flexibility index (Phi) is 27.3. The molecule has 72 heavy (non-hydrogen) atoms. The summed E-state index contributed by atoms with van der Waals surface area (Å²) in [5, 5.41) is 41.5. The van der Waals surface area contributed by atoms with Gasteiger partial charge in [0.2, 0.25) is 0 Å². The Morgan fingerprint density at radius 2 is 1.22 bits per heavy atom. The van der Waals surface area contributed by atoms with Crippen molar-refractivity contribution in [2.75, 3.05) is 17.9 Å². The number of aromatic nitrogens is 6. The quantitative estimate of drug-likeness (QED) is 0.0197. The van der Waals surface area contributed by atoms with Gasteiger partial charge in [-0.2, -0.15) is 0 Å². The third-order valence-corrected chi connectivity index (χ3v) is 11.6. The number of nitrogens with zero attached hydrogens (tertiary/aromatic N) is 11. The topological polar surface area (TPSA) is 252 Å². The second-order valence-electron chi connectivity index (χ2n) is 17.1. The molecule has 0 bridgehead atoms. The minimum atomic E-state index is -3.79. The van der Waals surface area contributed by atoms with Gasteiger partial charge in [0, 0.05) is 45.3 Å². The Balaban J connectivity index is 0.000000514. The molecule has 2 aromatic heterocycles. The van der Waals surface area contributed by atoms with Gasteiger partial charge in [0.15, 0.2) is 0 Å². The summed E-state index contributed by atoms with van der Waals surface area (Å²) in [6.07, 6.45) is 12.2. The van der Waals surface area contributed by atoms with Gasteiger partial charge in [0.05, 0.1) is 49.9 Å². The normalized spacial score (nSPS) is 11.5. The number of benzene rings is 4. The third-order valence-electron chi connectivity index (χ3n) is 9.56. The maximum Gasteiger partial charge on any atom is 2.00 e. The van der Waals surface area contributed by atoms with Gasteiger partial charge in [-0.1, -0.05) is 125 Å². The number of rotatable bonds is 10. The molecule has 1 aliphatic rings. The van der Waals surface area contributed by atoms with Gasteiger partial charge in [-0.25, -0.2) is 17.8 Å². The zero-order chi connectivity index (χ0) is 52.3. The number of nitro benzene ring substituents is 2. The van der Waals surface area contributed by atoms with E-state index in [-0.39, 0.29) is 79.7 Å². The van der Waals surface area contributed by atoms with Crippen LogP contribution >= 0.6 is 34.8 Å². The van der Waals surface area contributed by atoms with Crippen molar-refractivity contribution in [3.05, 3.63) is 160 Å². The molecule has 0 saturated carbocycles. The van der Waals surface area contributed by atoms with E-state index in [9.17, 15) is 28.6 Å². The van der Waals surface area contributed by atoms with Crippen LogP contribution in [0.25, 0.3) is 21.8 Å². The smallest absolute Gasteiger partial charge is 1.00 e. The van der Waals surface area contributed by atoms with E-state index in [1.807, 2.05) is 53.7 Å². The first-order chi connectivity index (χ1) is 32.9. The molecule has 380 valence electrons. The van der Waals surface area contributed by atoms with Crippen LogP contribution in [0.5, 0.6) is 0 Å². The van der Waals surface area contributed by atoms with Crippen molar-refractivity contribution in [3.8, 4) is 17.3 Å². The van der Waals surface area contributed by atoms with Crippen molar-refractivity contribution in [1.29, 1.82) is 0 Å². The van der Waals surface area contributed by atoms with Gasteiger partial charge in [0.1, 0.15) is 11.4 Å². The standard InChI is InChI=1S/C21H25ClN4O2S.C11H11ClN4O2.C6H3ClN4O2.C5H7.C4H8O.ClH.Mg/c1-14(2)20-13-23-25-26(20)19-12-16(22)8-11-18(19)24-29(27,28)17-9-6-15(7-10-17)21(3,4)5;1-7(2)11-6-13-14-15(11)10-5-8(12)3-4-9(10)16(17)18;7-4-1-2-6(11(12)13)5(3-4)9-10-8;1-4-5(2)3;1-2-4-5-3-1;;/h6-14,24H,1-5H3;3-7H,1-2H3;1-3H;5H,2-3H3;1-4H2;1H;/q;;;-1;;;+2/p-1. The molecule has 1 fully saturated rings. The largest absolute Gasteiger partial charge is 2.00 e. The number of nitro groups is 2. The molecule has 0 radical (unpaired) electrons. The molecule has 1 aliphatic heterocycles. The summed E-state index contributed by atoms with van der Waals surface area (Å²) in [6.45, 7) is 20.1. The summed E-state index contributed by atoms with van der Waals surface area (Å²) in [6, 6.07) is 20.0. The fraction of sp³-hybridized carbons (Fsp3) is 0.362. The Morgan fingerprint density at radius 3 is 1.64 bits per heavy atom. The Bertz CT molecular complexity index is 2910. The van der Waals surface area contributed by atoms with Gasteiger partial charge in [-0.3, -0.25) is 25.0 Å². The minimum Gasteiger partial charge on any atom is -1.00 e. The summed E-state index contributed by atoms with van der Waals surface area (Å²) in [7, 11) is -3.79. The van der Waals surface area contributed by atoms with E-state index < -0.39 is 19.9 Å². The molecule has 6 aromatic rings. The second kappa shape index (κ2) is 30.5. The van der Waals surface area contributed by atoms with E-state index in [1.54, 1.807) is 47.4 Å². The summed E-state index contributed by atoms with van der Waals surface area (Å²) in [4.78, 5) is 22.9. The van der Waals surface area contributed by atoms with Crippen LogP contribution in [0, 0.1) is 38.5 Å². The molecule has 0 amide bonds. The fourth-order valence-electron chi connectivity index (χ4n) is 5.86. The zero-order valence-corrected chi connectivity index (χ0v) is 46.4. The monoisotopic (exact) mass is 1090 g/mol. The maximum atomic E-state index is 13.0. The van der Waals surface area contributed by atoms with Gasteiger partial charge >= 0.3 is 23.1 Å². The molecule has 0 aliphatic carbocycles. The zero-order valence-electron chi connectivity index (χ0n) is 41.1. The van der Waals surface area contributed by atoms with Crippen molar-refractivity contribution in [2.45, 2.75) is 97.3 Å². The summed E-state index contributed by atoms with van der Waals surface area (Å²) < 4.78 is 36.7. The van der Waals surface area contributed by atoms with Crippen LogP contribution in [0.1, 0.15) is 104 Å². The number of nitrogens with one attached hydrogen (secondary N) is 1. The average Bonchev–Trinajstić information content (AvgIpc) is 4.13. The van der Waals surface area contributed by atoms with Crippen molar-refractivity contribution in [2.24, 2.45) is 11.0 Å². The van der Waals surface area contributed by atoms with Crippen LogP contribution in [-0.2, 0) is 20.2 Å². The molecule has 0 atom stereocenters. The van der Waals surface area contributed by atoms with Gasteiger partial charge in [0.25, 0.3) is 21.4 Å². The molecule has 0 spiro atoms. The number of ether oxygens (including phenoxy) is 1. The first-order valence-corrected chi connectivity index (χ1v) is 24.2. The Morgan fingerprint density at radius 1 is 0.778 bits per heavy atom. The maximum absolute atomic E-state index is 13.0. The first-order valence-electron chi connectivity index (χ1n) is 21.6. The van der Waals surface area contributed by atoms with E-state index in [4.69, 9.17) is 51.5 Å². The average molecular weight is 1100 g/mol. The predicted octanol–water partition coefficient (Wildman–Crippen LogP) is 9.94. The summed E-state index contributed by atoms with van der Waals surface area (Å²) in [5.41, 5.74) is 11.6.